The number of carbonyl (C=O) groups excluding carboxylic acids is 3. The number of Topliss-reactive ketones (excluding diaryl/α,β-unsaturated/α-hetero) is 1. The minimum Gasteiger partial charge on any atom is -0.468 e. The predicted octanol–water partition coefficient (Wildman–Crippen LogP) is 1.02. The first kappa shape index (κ1) is 13.4. The van der Waals surface area contributed by atoms with Crippen LogP contribution in [-0.4, -0.2) is 31.9 Å². The van der Waals surface area contributed by atoms with Crippen LogP contribution in [0.1, 0.15) is 26.7 Å². The first-order chi connectivity index (χ1) is 7.89. The summed E-state index contributed by atoms with van der Waals surface area (Å²) in [7, 11) is 2.43. The summed E-state index contributed by atoms with van der Waals surface area (Å²) in [6.07, 6.45) is 0.245. The van der Waals surface area contributed by atoms with Crippen molar-refractivity contribution < 1.29 is 23.9 Å². The second kappa shape index (κ2) is 4.69. The lowest BCUT2D eigenvalue weighted by Crippen LogP contribution is -2.39. The van der Waals surface area contributed by atoms with Gasteiger partial charge >= 0.3 is 11.9 Å². The van der Waals surface area contributed by atoms with Gasteiger partial charge in [-0.25, -0.2) is 0 Å². The summed E-state index contributed by atoms with van der Waals surface area (Å²) in [5.74, 6) is -1.43. The van der Waals surface area contributed by atoms with Crippen LogP contribution in [0.15, 0.2) is 11.1 Å². The molecule has 94 valence electrons. The van der Waals surface area contributed by atoms with Crippen LogP contribution in [0.25, 0.3) is 0 Å². The maximum Gasteiger partial charge on any atom is 0.323 e. The first-order valence-corrected chi connectivity index (χ1v) is 5.25. The predicted molar refractivity (Wildman–Crippen MR) is 59.1 cm³/mol. The number of allylic oxidation sites excluding steroid dienone is 2. The third-order valence-corrected chi connectivity index (χ3v) is 3.14. The van der Waals surface area contributed by atoms with Gasteiger partial charge in [0.15, 0.2) is 11.2 Å². The van der Waals surface area contributed by atoms with Crippen LogP contribution in [0.5, 0.6) is 0 Å². The zero-order chi connectivity index (χ0) is 13.2. The number of hydrogen-bond acceptors (Lipinski definition) is 5. The van der Waals surface area contributed by atoms with Gasteiger partial charge in [0.05, 0.1) is 14.2 Å². The molecule has 0 saturated heterocycles. The Kier molecular flexibility index (Phi) is 3.70. The Labute approximate surface area is 99.8 Å². The maximum absolute atomic E-state index is 11.8. The molecule has 0 aliphatic heterocycles. The minimum atomic E-state index is -1.38. The molecule has 0 N–H and O–H groups in total. The Morgan fingerprint density at radius 1 is 1.06 bits per heavy atom. The van der Waals surface area contributed by atoms with Gasteiger partial charge in [-0.05, 0) is 25.8 Å². The van der Waals surface area contributed by atoms with Gasteiger partial charge < -0.3 is 9.47 Å². The molecule has 0 fully saturated rings. The molecule has 5 nitrogen and oxygen atoms in total. The van der Waals surface area contributed by atoms with E-state index in [0.717, 1.165) is 5.57 Å². The molecule has 0 aromatic heterocycles. The molecular formula is C12H16O5. The third-order valence-electron chi connectivity index (χ3n) is 3.14. The highest BCUT2D eigenvalue weighted by Gasteiger charge is 2.53. The molecule has 0 aromatic rings. The van der Waals surface area contributed by atoms with E-state index in [2.05, 4.69) is 9.47 Å². The Morgan fingerprint density at radius 3 is 1.82 bits per heavy atom. The zero-order valence-electron chi connectivity index (χ0n) is 10.5. The lowest BCUT2D eigenvalue weighted by molar-refractivity contribution is -0.168. The van der Waals surface area contributed by atoms with Gasteiger partial charge in [0, 0.05) is 6.42 Å². The summed E-state index contributed by atoms with van der Waals surface area (Å²) < 4.78 is 9.32. The highest BCUT2D eigenvalue weighted by Crippen LogP contribution is 2.44. The summed E-state index contributed by atoms with van der Waals surface area (Å²) in [6.45, 7) is 3.16. The largest absolute Gasteiger partial charge is 0.468 e. The molecule has 17 heavy (non-hydrogen) atoms. The standard InChI is InChI=1S/C12H16O5/c1-7-5-12(10(14)16-3,11(15)17-4)6-9(7)8(2)13/h5-6H2,1-4H3. The van der Waals surface area contributed by atoms with Crippen LogP contribution in [0, 0.1) is 5.41 Å². The van der Waals surface area contributed by atoms with Crippen molar-refractivity contribution >= 4 is 17.7 Å². The molecule has 0 spiro atoms. The van der Waals surface area contributed by atoms with E-state index in [-0.39, 0.29) is 18.6 Å². The number of methoxy groups -OCH3 is 2. The molecule has 0 unspecified atom stereocenters. The highest BCUT2D eigenvalue weighted by atomic mass is 16.5. The smallest absolute Gasteiger partial charge is 0.323 e. The molecular weight excluding hydrogens is 224 g/mol. The molecule has 0 aromatic carbocycles. The van der Waals surface area contributed by atoms with Gasteiger partial charge in [0.2, 0.25) is 0 Å². The normalized spacial score (nSPS) is 17.9. The molecule has 0 saturated carbocycles. The Balaban J connectivity index is 3.13. The number of carbonyl (C=O) groups is 3. The Bertz CT molecular complexity index is 389. The number of rotatable bonds is 3. The van der Waals surface area contributed by atoms with Crippen molar-refractivity contribution in [2.75, 3.05) is 14.2 Å². The van der Waals surface area contributed by atoms with Gasteiger partial charge in [-0.2, -0.15) is 0 Å². The molecule has 0 bridgehead atoms. The highest BCUT2D eigenvalue weighted by molar-refractivity contribution is 6.05. The van der Waals surface area contributed by atoms with Crippen LogP contribution in [0.3, 0.4) is 0 Å². The number of ketones is 1. The average molecular weight is 240 g/mol. The lowest BCUT2D eigenvalue weighted by atomic mass is 9.83. The van der Waals surface area contributed by atoms with Crippen molar-refractivity contribution in [1.29, 1.82) is 0 Å². The minimum absolute atomic E-state index is 0.0630. The number of esters is 2. The summed E-state index contributed by atoms with van der Waals surface area (Å²) >= 11 is 0. The van der Waals surface area contributed by atoms with Crippen molar-refractivity contribution in [1.82, 2.24) is 0 Å². The number of ether oxygens (including phenoxy) is 2. The molecule has 1 aliphatic carbocycles. The first-order valence-electron chi connectivity index (χ1n) is 5.25. The zero-order valence-corrected chi connectivity index (χ0v) is 10.5. The molecule has 1 aliphatic rings. The second-order valence-corrected chi connectivity index (χ2v) is 4.23. The van der Waals surface area contributed by atoms with E-state index >= 15 is 0 Å². The molecule has 0 radical (unpaired) electrons. The van der Waals surface area contributed by atoms with Crippen molar-refractivity contribution in [3.8, 4) is 0 Å². The van der Waals surface area contributed by atoms with E-state index in [1.165, 1.54) is 21.1 Å². The fraction of sp³-hybridized carbons (Fsp3) is 0.583. The Hall–Kier alpha value is -1.65. The van der Waals surface area contributed by atoms with Gasteiger partial charge in [0.1, 0.15) is 0 Å². The van der Waals surface area contributed by atoms with Crippen molar-refractivity contribution in [3.63, 3.8) is 0 Å². The van der Waals surface area contributed by atoms with Crippen molar-refractivity contribution in [3.05, 3.63) is 11.1 Å². The molecule has 5 heteroatoms. The SMILES string of the molecule is COC(=O)C1(C(=O)OC)CC(C)=C(C(C)=O)C1. The van der Waals surface area contributed by atoms with Gasteiger partial charge in [-0.1, -0.05) is 5.57 Å². The van der Waals surface area contributed by atoms with E-state index in [1.807, 2.05) is 0 Å². The molecule has 0 heterocycles. The molecule has 1 rings (SSSR count). The van der Waals surface area contributed by atoms with E-state index in [9.17, 15) is 14.4 Å². The maximum atomic E-state index is 11.8. The van der Waals surface area contributed by atoms with E-state index in [4.69, 9.17) is 0 Å². The van der Waals surface area contributed by atoms with E-state index < -0.39 is 17.4 Å². The Morgan fingerprint density at radius 2 is 1.53 bits per heavy atom. The topological polar surface area (TPSA) is 69.7 Å². The van der Waals surface area contributed by atoms with Crippen molar-refractivity contribution in [2.24, 2.45) is 5.41 Å². The molecule has 0 amide bonds. The average Bonchev–Trinajstić information content (AvgIpc) is 2.66. The van der Waals surface area contributed by atoms with Crippen LogP contribution in [0.4, 0.5) is 0 Å². The number of hydrogen-bond donors (Lipinski definition) is 0. The summed E-state index contributed by atoms with van der Waals surface area (Å²) in [6, 6.07) is 0. The fourth-order valence-corrected chi connectivity index (χ4v) is 2.26. The summed E-state index contributed by atoms with van der Waals surface area (Å²) in [5, 5.41) is 0. The van der Waals surface area contributed by atoms with Crippen molar-refractivity contribution in [2.45, 2.75) is 26.7 Å². The van der Waals surface area contributed by atoms with Gasteiger partial charge in [-0.3, -0.25) is 14.4 Å². The third kappa shape index (κ3) is 2.09. The quantitative estimate of drug-likeness (QED) is 0.544. The van der Waals surface area contributed by atoms with Crippen LogP contribution in [0.2, 0.25) is 0 Å². The second-order valence-electron chi connectivity index (χ2n) is 4.23. The monoisotopic (exact) mass is 240 g/mol. The van der Waals surface area contributed by atoms with Crippen LogP contribution < -0.4 is 0 Å². The summed E-state index contributed by atoms with van der Waals surface area (Å²) in [5.41, 5.74) is -0.122. The summed E-state index contributed by atoms with van der Waals surface area (Å²) in [4.78, 5) is 35.0. The van der Waals surface area contributed by atoms with Crippen LogP contribution >= 0.6 is 0 Å². The van der Waals surface area contributed by atoms with Crippen LogP contribution in [-0.2, 0) is 23.9 Å². The van der Waals surface area contributed by atoms with E-state index in [0.29, 0.717) is 5.57 Å². The fourth-order valence-electron chi connectivity index (χ4n) is 2.26. The van der Waals surface area contributed by atoms with Gasteiger partial charge in [-0.15, -0.1) is 0 Å². The molecule has 0 atom stereocenters. The van der Waals surface area contributed by atoms with Gasteiger partial charge in [0.25, 0.3) is 0 Å². The van der Waals surface area contributed by atoms with E-state index in [1.54, 1.807) is 6.92 Å². The lowest BCUT2D eigenvalue weighted by Gasteiger charge is -2.23.